The molecule has 4 aromatic rings. The fourth-order valence-electron chi connectivity index (χ4n) is 2.59. The van der Waals surface area contributed by atoms with Gasteiger partial charge in [0, 0.05) is 5.69 Å². The Morgan fingerprint density at radius 1 is 1.04 bits per heavy atom. The van der Waals surface area contributed by atoms with Gasteiger partial charge in [0.25, 0.3) is 0 Å². The van der Waals surface area contributed by atoms with Crippen LogP contribution in [0.5, 0.6) is 0 Å². The van der Waals surface area contributed by atoms with Crippen molar-refractivity contribution in [1.29, 1.82) is 0 Å². The first-order chi connectivity index (χ1) is 11.6. The Kier molecular flexibility index (Phi) is 3.58. The van der Waals surface area contributed by atoms with Crippen LogP contribution in [0, 0.1) is 0 Å². The van der Waals surface area contributed by atoms with E-state index in [0.717, 1.165) is 22.4 Å². The summed E-state index contributed by atoms with van der Waals surface area (Å²) < 4.78 is 7.71. The predicted octanol–water partition coefficient (Wildman–Crippen LogP) is 4.85. The minimum absolute atomic E-state index is 0.440. The highest BCUT2D eigenvalue weighted by Crippen LogP contribution is 2.32. The first-order valence-electron chi connectivity index (χ1n) is 7.67. The van der Waals surface area contributed by atoms with Crippen molar-refractivity contribution in [3.8, 4) is 17.1 Å². The third-order valence-electron chi connectivity index (χ3n) is 3.98. The molecule has 0 unspecified atom stereocenters. The maximum Gasteiger partial charge on any atom is 0.228 e. The fraction of sp³-hybridized carbons (Fsp3) is 0.167. The first kappa shape index (κ1) is 14.9. The van der Waals surface area contributed by atoms with Gasteiger partial charge in [0.05, 0.1) is 10.6 Å². The highest BCUT2D eigenvalue weighted by molar-refractivity contribution is 6.33. The molecule has 4 rings (SSSR count). The van der Waals surface area contributed by atoms with Crippen LogP contribution in [0.3, 0.4) is 0 Å². The number of fused-ring (bicyclic) bond motifs is 1. The highest BCUT2D eigenvalue weighted by Gasteiger charge is 2.14. The summed E-state index contributed by atoms with van der Waals surface area (Å²) in [7, 11) is 0. The van der Waals surface area contributed by atoms with Crippen molar-refractivity contribution in [3.63, 3.8) is 0 Å². The number of aromatic nitrogens is 4. The Balaban J connectivity index is 1.83. The fourth-order valence-corrected chi connectivity index (χ4v) is 2.79. The standard InChI is InChI=1S/C18H15ClN4O/c1-11(2)12-3-6-17-16(7-12)22-18(24-17)14-8-13(4-5-15(14)19)23-9-20-21-10-23/h3-11H,1-2H3. The molecular formula is C18H15ClN4O. The van der Waals surface area contributed by atoms with Crippen molar-refractivity contribution in [1.82, 2.24) is 19.7 Å². The number of hydrogen-bond donors (Lipinski definition) is 0. The molecule has 0 radical (unpaired) electrons. The second kappa shape index (κ2) is 5.76. The maximum absolute atomic E-state index is 6.36. The molecular weight excluding hydrogens is 324 g/mol. The Hall–Kier alpha value is -2.66. The van der Waals surface area contributed by atoms with Gasteiger partial charge in [0.15, 0.2) is 5.58 Å². The van der Waals surface area contributed by atoms with E-state index in [1.54, 1.807) is 17.2 Å². The summed E-state index contributed by atoms with van der Waals surface area (Å²) in [4.78, 5) is 4.62. The lowest BCUT2D eigenvalue weighted by molar-refractivity contribution is 0.619. The van der Waals surface area contributed by atoms with E-state index in [0.29, 0.717) is 16.8 Å². The molecule has 6 heteroatoms. The highest BCUT2D eigenvalue weighted by atomic mass is 35.5. The lowest BCUT2D eigenvalue weighted by Gasteiger charge is -2.04. The van der Waals surface area contributed by atoms with E-state index < -0.39 is 0 Å². The SMILES string of the molecule is CC(C)c1ccc2oc(-c3cc(-n4cnnc4)ccc3Cl)nc2c1. The molecule has 0 spiro atoms. The molecule has 0 saturated carbocycles. The van der Waals surface area contributed by atoms with Crippen molar-refractivity contribution < 1.29 is 4.42 Å². The van der Waals surface area contributed by atoms with E-state index in [1.807, 2.05) is 24.3 Å². The Labute approximate surface area is 143 Å². The predicted molar refractivity (Wildman–Crippen MR) is 93.5 cm³/mol. The lowest BCUT2D eigenvalue weighted by atomic mass is 10.0. The Morgan fingerprint density at radius 2 is 1.83 bits per heavy atom. The van der Waals surface area contributed by atoms with Crippen LogP contribution in [0.2, 0.25) is 5.02 Å². The van der Waals surface area contributed by atoms with Gasteiger partial charge in [-0.15, -0.1) is 10.2 Å². The van der Waals surface area contributed by atoms with Crippen molar-refractivity contribution in [2.24, 2.45) is 0 Å². The van der Waals surface area contributed by atoms with E-state index in [9.17, 15) is 0 Å². The van der Waals surface area contributed by atoms with Crippen molar-refractivity contribution in [3.05, 3.63) is 59.6 Å². The van der Waals surface area contributed by atoms with E-state index in [4.69, 9.17) is 16.0 Å². The average molecular weight is 339 g/mol. The third-order valence-corrected chi connectivity index (χ3v) is 4.31. The number of halogens is 1. The number of benzene rings is 2. The van der Waals surface area contributed by atoms with E-state index in [1.165, 1.54) is 5.56 Å². The maximum atomic E-state index is 6.36. The molecule has 2 aromatic heterocycles. The van der Waals surface area contributed by atoms with E-state index in [-0.39, 0.29) is 0 Å². The summed E-state index contributed by atoms with van der Waals surface area (Å²) in [5.74, 6) is 0.945. The van der Waals surface area contributed by atoms with Crippen LogP contribution in [0.4, 0.5) is 0 Å². The second-order valence-electron chi connectivity index (χ2n) is 5.93. The van der Waals surface area contributed by atoms with E-state index >= 15 is 0 Å². The monoisotopic (exact) mass is 338 g/mol. The lowest BCUT2D eigenvalue weighted by Crippen LogP contribution is -1.91. The molecule has 0 aliphatic heterocycles. The van der Waals surface area contributed by atoms with Crippen molar-refractivity contribution in [2.45, 2.75) is 19.8 Å². The summed E-state index contributed by atoms with van der Waals surface area (Å²) in [6.07, 6.45) is 3.27. The quantitative estimate of drug-likeness (QED) is 0.535. The van der Waals surface area contributed by atoms with E-state index in [2.05, 4.69) is 41.2 Å². The average Bonchev–Trinajstić information content (AvgIpc) is 3.24. The van der Waals surface area contributed by atoms with Crippen LogP contribution >= 0.6 is 11.6 Å². The van der Waals surface area contributed by atoms with Crippen LogP contribution in [0.15, 0.2) is 53.5 Å². The van der Waals surface area contributed by atoms with Gasteiger partial charge in [0.1, 0.15) is 18.2 Å². The summed E-state index contributed by atoms with van der Waals surface area (Å²) in [5, 5.41) is 8.24. The molecule has 2 aromatic carbocycles. The molecule has 2 heterocycles. The topological polar surface area (TPSA) is 56.7 Å². The van der Waals surface area contributed by atoms with Crippen LogP contribution < -0.4 is 0 Å². The third kappa shape index (κ3) is 2.57. The molecule has 24 heavy (non-hydrogen) atoms. The van der Waals surface area contributed by atoms with Gasteiger partial charge in [-0.3, -0.25) is 4.57 Å². The molecule has 120 valence electrons. The van der Waals surface area contributed by atoms with Crippen LogP contribution in [0.25, 0.3) is 28.2 Å². The van der Waals surface area contributed by atoms with Gasteiger partial charge in [-0.1, -0.05) is 31.5 Å². The molecule has 0 N–H and O–H groups in total. The molecule has 0 aliphatic rings. The van der Waals surface area contributed by atoms with Crippen molar-refractivity contribution in [2.75, 3.05) is 0 Å². The van der Waals surface area contributed by atoms with Gasteiger partial charge < -0.3 is 4.42 Å². The number of nitrogens with zero attached hydrogens (tertiary/aromatic N) is 4. The first-order valence-corrected chi connectivity index (χ1v) is 8.05. The molecule has 0 bridgehead atoms. The molecule has 5 nitrogen and oxygen atoms in total. The van der Waals surface area contributed by atoms with Gasteiger partial charge >= 0.3 is 0 Å². The summed E-state index contributed by atoms with van der Waals surface area (Å²) >= 11 is 6.36. The Morgan fingerprint density at radius 3 is 2.58 bits per heavy atom. The minimum atomic E-state index is 0.440. The summed E-state index contributed by atoms with van der Waals surface area (Å²) in [6, 6.07) is 11.7. The molecule has 0 atom stereocenters. The smallest absolute Gasteiger partial charge is 0.228 e. The minimum Gasteiger partial charge on any atom is -0.436 e. The Bertz CT molecular complexity index is 1010. The van der Waals surface area contributed by atoms with Gasteiger partial charge in [0.2, 0.25) is 5.89 Å². The van der Waals surface area contributed by atoms with Crippen LogP contribution in [-0.4, -0.2) is 19.7 Å². The largest absolute Gasteiger partial charge is 0.436 e. The summed E-state index contributed by atoms with van der Waals surface area (Å²) in [6.45, 7) is 4.31. The zero-order valence-corrected chi connectivity index (χ0v) is 14.0. The van der Waals surface area contributed by atoms with Gasteiger partial charge in [-0.05, 0) is 41.8 Å². The number of oxazole rings is 1. The van der Waals surface area contributed by atoms with Gasteiger partial charge in [-0.25, -0.2) is 4.98 Å². The zero-order valence-electron chi connectivity index (χ0n) is 13.3. The molecule has 0 fully saturated rings. The number of rotatable bonds is 3. The molecule has 0 amide bonds. The normalized spacial score (nSPS) is 11.5. The molecule has 0 saturated heterocycles. The van der Waals surface area contributed by atoms with Gasteiger partial charge in [-0.2, -0.15) is 0 Å². The summed E-state index contributed by atoms with van der Waals surface area (Å²) in [5.41, 5.74) is 4.45. The number of hydrogen-bond acceptors (Lipinski definition) is 4. The van der Waals surface area contributed by atoms with Crippen LogP contribution in [-0.2, 0) is 0 Å². The van der Waals surface area contributed by atoms with Crippen molar-refractivity contribution >= 4 is 22.7 Å². The van der Waals surface area contributed by atoms with Crippen LogP contribution in [0.1, 0.15) is 25.3 Å². The molecule has 0 aliphatic carbocycles. The zero-order chi connectivity index (χ0) is 16.7. The second-order valence-corrected chi connectivity index (χ2v) is 6.34.